The van der Waals surface area contributed by atoms with Gasteiger partial charge < -0.3 is 19.9 Å². The fourth-order valence-corrected chi connectivity index (χ4v) is 1.39. The molecule has 0 amide bonds. The predicted octanol–water partition coefficient (Wildman–Crippen LogP) is 1.60. The first-order valence-electron chi connectivity index (χ1n) is 5.92. The number of ether oxygens (including phenoxy) is 2. The Morgan fingerprint density at radius 1 is 1.44 bits per heavy atom. The molecule has 4 nitrogen and oxygen atoms in total. The van der Waals surface area contributed by atoms with Gasteiger partial charge in [0.25, 0.3) is 0 Å². The van der Waals surface area contributed by atoms with E-state index in [9.17, 15) is 5.11 Å². The van der Waals surface area contributed by atoms with Crippen molar-refractivity contribution in [2.75, 3.05) is 26.8 Å². The van der Waals surface area contributed by atoms with Crippen LogP contribution in [0.2, 0.25) is 0 Å². The highest BCUT2D eigenvalue weighted by Gasteiger charge is 2.05. The molecule has 0 aliphatic heterocycles. The van der Waals surface area contributed by atoms with Crippen molar-refractivity contribution in [2.24, 2.45) is 0 Å². The molecule has 100 valence electrons. The van der Waals surface area contributed by atoms with Crippen LogP contribution >= 0.6 is 0 Å². The van der Waals surface area contributed by atoms with E-state index in [2.05, 4.69) is 11.9 Å². The van der Waals surface area contributed by atoms with Gasteiger partial charge in [-0.2, -0.15) is 0 Å². The maximum atomic E-state index is 9.70. The molecule has 1 aromatic carbocycles. The van der Waals surface area contributed by atoms with Crippen LogP contribution in [0.5, 0.6) is 11.5 Å². The molecule has 2 N–H and O–H groups in total. The summed E-state index contributed by atoms with van der Waals surface area (Å²) in [5.41, 5.74) is 1.04. The maximum Gasteiger partial charge on any atom is 0.123 e. The van der Waals surface area contributed by atoms with E-state index in [-0.39, 0.29) is 6.61 Å². The quantitative estimate of drug-likeness (QED) is 0.689. The third kappa shape index (κ3) is 5.70. The Labute approximate surface area is 108 Å². The third-order valence-corrected chi connectivity index (χ3v) is 2.29. The van der Waals surface area contributed by atoms with Crippen LogP contribution in [0.15, 0.2) is 36.4 Å². The highest BCUT2D eigenvalue weighted by atomic mass is 16.5. The monoisotopic (exact) mass is 251 g/mol. The summed E-state index contributed by atoms with van der Waals surface area (Å²) in [6.07, 6.45) is -0.546. The second-order valence-electron chi connectivity index (χ2n) is 4.23. The van der Waals surface area contributed by atoms with E-state index in [0.717, 1.165) is 11.3 Å². The molecule has 1 unspecified atom stereocenters. The zero-order chi connectivity index (χ0) is 13.4. The first-order valence-corrected chi connectivity index (χ1v) is 5.92. The van der Waals surface area contributed by atoms with Gasteiger partial charge in [-0.1, -0.05) is 18.2 Å². The van der Waals surface area contributed by atoms with Gasteiger partial charge in [-0.3, -0.25) is 0 Å². The zero-order valence-corrected chi connectivity index (χ0v) is 11.0. The average molecular weight is 251 g/mol. The lowest BCUT2D eigenvalue weighted by molar-refractivity contribution is 0.107. The van der Waals surface area contributed by atoms with Gasteiger partial charge >= 0.3 is 0 Å². The molecule has 1 atom stereocenters. The Bertz CT molecular complexity index is 379. The lowest BCUT2D eigenvalue weighted by Gasteiger charge is -2.13. The molecular formula is C14H21NO3. The summed E-state index contributed by atoms with van der Waals surface area (Å²) in [6, 6.07) is 7.31. The Balaban J connectivity index is 2.28. The van der Waals surface area contributed by atoms with Gasteiger partial charge in [-0.15, -0.1) is 0 Å². The number of rotatable bonds is 8. The number of hydrogen-bond acceptors (Lipinski definition) is 4. The van der Waals surface area contributed by atoms with Crippen LogP contribution in [0.4, 0.5) is 0 Å². The summed E-state index contributed by atoms with van der Waals surface area (Å²) < 4.78 is 10.6. The number of aliphatic hydroxyl groups excluding tert-OH is 1. The lowest BCUT2D eigenvalue weighted by Crippen LogP contribution is -2.32. The van der Waals surface area contributed by atoms with Gasteiger partial charge in [-0.25, -0.2) is 0 Å². The summed E-state index contributed by atoms with van der Waals surface area (Å²) >= 11 is 0. The molecule has 18 heavy (non-hydrogen) atoms. The molecule has 0 aromatic heterocycles. The van der Waals surface area contributed by atoms with Crippen LogP contribution in [0.1, 0.15) is 6.92 Å². The molecule has 0 aliphatic carbocycles. The molecule has 1 rings (SSSR count). The predicted molar refractivity (Wildman–Crippen MR) is 72.2 cm³/mol. The topological polar surface area (TPSA) is 50.7 Å². The Morgan fingerprint density at radius 3 is 2.83 bits per heavy atom. The molecule has 0 spiro atoms. The van der Waals surface area contributed by atoms with Gasteiger partial charge in [0.05, 0.1) is 7.11 Å². The number of aliphatic hydroxyl groups is 1. The molecular weight excluding hydrogens is 230 g/mol. The van der Waals surface area contributed by atoms with Crippen LogP contribution in [0.3, 0.4) is 0 Å². The summed E-state index contributed by atoms with van der Waals surface area (Å²) in [7, 11) is 1.61. The fourth-order valence-electron chi connectivity index (χ4n) is 1.39. The number of methoxy groups -OCH3 is 1. The third-order valence-electron chi connectivity index (χ3n) is 2.29. The number of hydrogen-bond donors (Lipinski definition) is 2. The second kappa shape index (κ2) is 7.74. The molecule has 0 bridgehead atoms. The average Bonchev–Trinajstić information content (AvgIpc) is 2.36. The van der Waals surface area contributed by atoms with Gasteiger partial charge in [0.2, 0.25) is 0 Å². The van der Waals surface area contributed by atoms with Crippen molar-refractivity contribution < 1.29 is 14.6 Å². The van der Waals surface area contributed by atoms with E-state index in [1.165, 1.54) is 0 Å². The molecule has 0 saturated heterocycles. The Kier molecular flexibility index (Phi) is 6.25. The van der Waals surface area contributed by atoms with E-state index in [1.807, 2.05) is 25.1 Å². The van der Waals surface area contributed by atoms with E-state index >= 15 is 0 Å². The molecule has 0 radical (unpaired) electrons. The van der Waals surface area contributed by atoms with Crippen molar-refractivity contribution in [3.63, 3.8) is 0 Å². The van der Waals surface area contributed by atoms with Crippen molar-refractivity contribution in [2.45, 2.75) is 13.0 Å². The summed E-state index contributed by atoms with van der Waals surface area (Å²) in [4.78, 5) is 0. The Hall–Kier alpha value is -1.52. The first kappa shape index (κ1) is 14.5. The van der Waals surface area contributed by atoms with E-state index in [4.69, 9.17) is 9.47 Å². The largest absolute Gasteiger partial charge is 0.497 e. The lowest BCUT2D eigenvalue weighted by atomic mass is 10.3. The standard InChI is InChI=1S/C14H21NO3/c1-11(2)8-15-9-12(16)10-18-14-6-4-5-13(7-14)17-3/h4-7,12,15-16H,1,8-10H2,2-3H3. The number of benzene rings is 1. The van der Waals surface area contributed by atoms with Gasteiger partial charge in [0, 0.05) is 19.2 Å². The zero-order valence-electron chi connectivity index (χ0n) is 11.0. The smallest absolute Gasteiger partial charge is 0.123 e. The van der Waals surface area contributed by atoms with Gasteiger partial charge in [0.15, 0.2) is 0 Å². The molecule has 0 heterocycles. The van der Waals surface area contributed by atoms with Crippen molar-refractivity contribution >= 4 is 0 Å². The Morgan fingerprint density at radius 2 is 2.17 bits per heavy atom. The van der Waals surface area contributed by atoms with Crippen molar-refractivity contribution in [1.82, 2.24) is 5.32 Å². The molecule has 0 fully saturated rings. The molecule has 0 aliphatic rings. The SMILES string of the molecule is C=C(C)CNCC(O)COc1cccc(OC)c1. The van der Waals surface area contributed by atoms with Gasteiger partial charge in [-0.05, 0) is 19.1 Å². The summed E-state index contributed by atoms with van der Waals surface area (Å²) in [5, 5.41) is 12.8. The van der Waals surface area contributed by atoms with Crippen molar-refractivity contribution in [3.05, 3.63) is 36.4 Å². The molecule has 4 heteroatoms. The first-order chi connectivity index (χ1) is 8.61. The highest BCUT2D eigenvalue weighted by molar-refractivity contribution is 5.32. The molecule has 1 aromatic rings. The van der Waals surface area contributed by atoms with Crippen LogP contribution in [0.25, 0.3) is 0 Å². The van der Waals surface area contributed by atoms with Gasteiger partial charge in [0.1, 0.15) is 24.2 Å². The van der Waals surface area contributed by atoms with E-state index in [0.29, 0.717) is 18.8 Å². The minimum atomic E-state index is -0.546. The minimum absolute atomic E-state index is 0.246. The van der Waals surface area contributed by atoms with Crippen molar-refractivity contribution in [1.29, 1.82) is 0 Å². The number of nitrogens with one attached hydrogen (secondary N) is 1. The minimum Gasteiger partial charge on any atom is -0.497 e. The summed E-state index contributed by atoms with van der Waals surface area (Å²) in [6.45, 7) is 7.15. The van der Waals surface area contributed by atoms with E-state index in [1.54, 1.807) is 13.2 Å². The second-order valence-corrected chi connectivity index (χ2v) is 4.23. The van der Waals surface area contributed by atoms with Crippen LogP contribution in [-0.4, -0.2) is 38.0 Å². The van der Waals surface area contributed by atoms with E-state index < -0.39 is 6.10 Å². The fraction of sp³-hybridized carbons (Fsp3) is 0.429. The van der Waals surface area contributed by atoms with Crippen molar-refractivity contribution in [3.8, 4) is 11.5 Å². The maximum absolute atomic E-state index is 9.70. The van der Waals surface area contributed by atoms with Crippen LogP contribution < -0.4 is 14.8 Å². The van der Waals surface area contributed by atoms with Crippen LogP contribution in [-0.2, 0) is 0 Å². The van der Waals surface area contributed by atoms with Crippen LogP contribution in [0, 0.1) is 0 Å². The normalized spacial score (nSPS) is 11.9. The summed E-state index contributed by atoms with van der Waals surface area (Å²) in [5.74, 6) is 1.43. The molecule has 0 saturated carbocycles. The highest BCUT2D eigenvalue weighted by Crippen LogP contribution is 2.18.